The smallest absolute Gasteiger partial charge is 0.307 e. The highest BCUT2D eigenvalue weighted by Gasteiger charge is 2.51. The van der Waals surface area contributed by atoms with Crippen LogP contribution in [0.25, 0.3) is 0 Å². The first-order valence-corrected chi connectivity index (χ1v) is 13.2. The van der Waals surface area contributed by atoms with Crippen LogP contribution >= 0.6 is 34.7 Å². The number of hydrogen-bond donors (Lipinski definition) is 1. The van der Waals surface area contributed by atoms with Crippen LogP contribution in [0.3, 0.4) is 0 Å². The van der Waals surface area contributed by atoms with Crippen LogP contribution in [-0.4, -0.2) is 35.6 Å². The summed E-state index contributed by atoms with van der Waals surface area (Å²) < 4.78 is 0. The van der Waals surface area contributed by atoms with E-state index in [1.807, 2.05) is 30.3 Å². The van der Waals surface area contributed by atoms with Gasteiger partial charge in [-0.1, -0.05) is 47.6 Å². The quantitative estimate of drug-likeness (QED) is 0.414. The zero-order valence-corrected chi connectivity index (χ0v) is 20.1. The second kappa shape index (κ2) is 9.60. The Morgan fingerprint density at radius 2 is 1.84 bits per heavy atom. The molecule has 1 aromatic heterocycles. The van der Waals surface area contributed by atoms with Crippen molar-refractivity contribution in [2.45, 2.75) is 28.6 Å². The van der Waals surface area contributed by atoms with Crippen molar-refractivity contribution in [1.82, 2.24) is 4.90 Å². The number of halogens is 1. The largest absolute Gasteiger partial charge is 0.481 e. The van der Waals surface area contributed by atoms with Crippen molar-refractivity contribution in [1.29, 1.82) is 0 Å². The first-order valence-electron chi connectivity index (χ1n) is 11.1. The van der Waals surface area contributed by atoms with Crippen LogP contribution in [-0.2, 0) is 11.2 Å². The van der Waals surface area contributed by atoms with E-state index in [0.717, 1.165) is 47.3 Å². The Balaban J connectivity index is 1.40. The van der Waals surface area contributed by atoms with Crippen LogP contribution in [0.15, 0.2) is 75.8 Å². The first kappa shape index (κ1) is 22.0. The number of piperidine rings is 1. The van der Waals surface area contributed by atoms with Crippen molar-refractivity contribution < 1.29 is 9.90 Å². The van der Waals surface area contributed by atoms with Crippen molar-refractivity contribution in [2.24, 2.45) is 17.8 Å². The Morgan fingerprint density at radius 1 is 1.06 bits per heavy atom. The molecule has 1 saturated heterocycles. The minimum absolute atomic E-state index is 0.0558. The van der Waals surface area contributed by atoms with E-state index in [4.69, 9.17) is 11.6 Å². The second-order valence-electron chi connectivity index (χ2n) is 8.83. The fourth-order valence-corrected chi connectivity index (χ4v) is 7.39. The molecule has 1 N–H and O–H groups in total. The van der Waals surface area contributed by atoms with Gasteiger partial charge in [0.25, 0.3) is 0 Å². The Labute approximate surface area is 202 Å². The molecule has 2 aliphatic rings. The van der Waals surface area contributed by atoms with E-state index in [9.17, 15) is 9.90 Å². The Kier molecular flexibility index (Phi) is 6.61. The summed E-state index contributed by atoms with van der Waals surface area (Å²) in [4.78, 5) is 18.6. The summed E-state index contributed by atoms with van der Waals surface area (Å²) in [5.41, 5.74) is 1.19. The molecular formula is C26H26ClNO2S2. The second-order valence-corrected chi connectivity index (χ2v) is 11.4. The van der Waals surface area contributed by atoms with Gasteiger partial charge in [-0.2, -0.15) is 0 Å². The van der Waals surface area contributed by atoms with E-state index in [-0.39, 0.29) is 17.8 Å². The Bertz CT molecular complexity index is 1070. The lowest BCUT2D eigenvalue weighted by molar-refractivity contribution is -0.143. The van der Waals surface area contributed by atoms with Gasteiger partial charge in [-0.3, -0.25) is 4.79 Å². The zero-order valence-electron chi connectivity index (χ0n) is 17.7. The highest BCUT2D eigenvalue weighted by molar-refractivity contribution is 7.99. The number of thiophene rings is 1. The minimum Gasteiger partial charge on any atom is -0.481 e. The van der Waals surface area contributed by atoms with E-state index in [1.54, 1.807) is 23.1 Å². The number of hydrogen-bond acceptors (Lipinski definition) is 4. The molecule has 1 aliphatic heterocycles. The molecule has 0 amide bonds. The van der Waals surface area contributed by atoms with Gasteiger partial charge in [0.05, 0.1) is 5.92 Å². The van der Waals surface area contributed by atoms with Crippen molar-refractivity contribution in [2.75, 3.05) is 19.6 Å². The number of carboxylic acids is 1. The summed E-state index contributed by atoms with van der Waals surface area (Å²) in [5, 5.41) is 13.1. The molecule has 0 spiro atoms. The molecule has 3 aromatic rings. The molecule has 32 heavy (non-hydrogen) atoms. The molecule has 5 rings (SSSR count). The molecule has 1 saturated carbocycles. The molecule has 2 heterocycles. The summed E-state index contributed by atoms with van der Waals surface area (Å²) in [6, 6.07) is 20.5. The van der Waals surface area contributed by atoms with Crippen LogP contribution in [0, 0.1) is 17.8 Å². The fraction of sp³-hybridized carbons (Fsp3) is 0.346. The van der Waals surface area contributed by atoms with Gasteiger partial charge in [-0.25, -0.2) is 0 Å². The summed E-state index contributed by atoms with van der Waals surface area (Å²) in [6.45, 7) is 2.88. The van der Waals surface area contributed by atoms with Gasteiger partial charge in [0.15, 0.2) is 0 Å². The third kappa shape index (κ3) is 4.62. The predicted molar refractivity (Wildman–Crippen MR) is 132 cm³/mol. The lowest BCUT2D eigenvalue weighted by Gasteiger charge is -2.32. The highest BCUT2D eigenvalue weighted by Crippen LogP contribution is 2.53. The van der Waals surface area contributed by atoms with Gasteiger partial charge in [-0.15, -0.1) is 11.3 Å². The maximum absolute atomic E-state index is 12.4. The van der Waals surface area contributed by atoms with E-state index in [0.29, 0.717) is 5.92 Å². The molecule has 0 radical (unpaired) electrons. The highest BCUT2D eigenvalue weighted by atomic mass is 35.5. The van der Waals surface area contributed by atoms with Crippen molar-refractivity contribution >= 4 is 40.7 Å². The summed E-state index contributed by atoms with van der Waals surface area (Å²) in [5.74, 6) is -0.314. The van der Waals surface area contributed by atoms with Crippen molar-refractivity contribution in [3.8, 4) is 0 Å². The van der Waals surface area contributed by atoms with Gasteiger partial charge in [0.2, 0.25) is 0 Å². The third-order valence-corrected chi connectivity index (χ3v) is 9.14. The molecule has 166 valence electrons. The lowest BCUT2D eigenvalue weighted by Crippen LogP contribution is -2.39. The number of carbonyl (C=O) groups is 1. The molecule has 2 fully saturated rings. The molecule has 0 unspecified atom stereocenters. The zero-order chi connectivity index (χ0) is 22.1. The molecule has 4 atom stereocenters. The topological polar surface area (TPSA) is 40.5 Å². The van der Waals surface area contributed by atoms with Gasteiger partial charge in [0, 0.05) is 45.2 Å². The number of carboxylic acid groups (broad SMARTS) is 1. The number of rotatable bonds is 7. The third-order valence-electron chi connectivity index (χ3n) is 6.85. The van der Waals surface area contributed by atoms with Crippen LogP contribution < -0.4 is 0 Å². The summed E-state index contributed by atoms with van der Waals surface area (Å²) in [7, 11) is 0. The van der Waals surface area contributed by atoms with Gasteiger partial charge < -0.3 is 10.0 Å². The molecule has 2 bridgehead atoms. The molecule has 1 aliphatic carbocycles. The average molecular weight is 484 g/mol. The molecule has 3 nitrogen and oxygen atoms in total. The maximum atomic E-state index is 12.4. The van der Waals surface area contributed by atoms with E-state index >= 15 is 0 Å². The van der Waals surface area contributed by atoms with Crippen LogP contribution in [0.4, 0.5) is 0 Å². The minimum atomic E-state index is -0.645. The average Bonchev–Trinajstić information content (AvgIpc) is 3.40. The molecule has 2 aromatic carbocycles. The van der Waals surface area contributed by atoms with Gasteiger partial charge >= 0.3 is 5.97 Å². The lowest BCUT2D eigenvalue weighted by atomic mass is 9.82. The number of fused-ring (bicyclic) bond motifs is 2. The SMILES string of the molecule is O=C(O)[C@H]1[C@@H]2C[C@@H](CN(CCc3cccs3)C2)[C@@H]1c1ccccc1Sc1ccc(Cl)cc1. The predicted octanol–water partition coefficient (Wildman–Crippen LogP) is 6.53. The number of benzene rings is 2. The molecule has 6 heteroatoms. The monoisotopic (exact) mass is 483 g/mol. The van der Waals surface area contributed by atoms with Crippen LogP contribution in [0.1, 0.15) is 22.8 Å². The van der Waals surface area contributed by atoms with Gasteiger partial charge in [-0.05, 0) is 72.0 Å². The van der Waals surface area contributed by atoms with Crippen molar-refractivity contribution in [3.05, 3.63) is 81.5 Å². The van der Waals surface area contributed by atoms with Crippen LogP contribution in [0.2, 0.25) is 5.02 Å². The van der Waals surface area contributed by atoms with E-state index < -0.39 is 5.97 Å². The Hall–Kier alpha value is -1.79. The maximum Gasteiger partial charge on any atom is 0.307 e. The fourth-order valence-electron chi connectivity index (χ4n) is 5.57. The summed E-state index contributed by atoms with van der Waals surface area (Å²) >= 11 is 9.56. The number of aliphatic carboxylic acids is 1. The van der Waals surface area contributed by atoms with Crippen molar-refractivity contribution in [3.63, 3.8) is 0 Å². The molecular weight excluding hydrogens is 458 g/mol. The summed E-state index contributed by atoms with van der Waals surface area (Å²) in [6.07, 6.45) is 2.06. The van der Waals surface area contributed by atoms with E-state index in [1.165, 1.54) is 10.4 Å². The Morgan fingerprint density at radius 3 is 2.59 bits per heavy atom. The number of likely N-dealkylation sites (tertiary alicyclic amines) is 1. The normalized spacial score (nSPS) is 25.2. The number of nitrogens with zero attached hydrogens (tertiary/aromatic N) is 1. The van der Waals surface area contributed by atoms with Crippen LogP contribution in [0.5, 0.6) is 0 Å². The van der Waals surface area contributed by atoms with Gasteiger partial charge in [0.1, 0.15) is 0 Å². The first-order chi connectivity index (χ1) is 15.6. The van der Waals surface area contributed by atoms with E-state index in [2.05, 4.69) is 40.6 Å². The standard InChI is InChI=1S/C26H26ClNO2S2/c27-19-7-9-21(10-8-19)32-23-6-2-1-5-22(23)24-17-14-18(25(24)26(29)30)16-28(15-17)12-11-20-4-3-13-31-20/h1-10,13,17-18,24-25H,11-12,14-16H2,(H,29,30)/t17-,18+,24+,25-/m0/s1.